The first-order valence-electron chi connectivity index (χ1n) is 9.92. The average molecular weight is 471 g/mol. The van der Waals surface area contributed by atoms with E-state index in [0.717, 1.165) is 5.56 Å². The number of aryl methyl sites for hydroxylation is 1. The largest absolute Gasteiger partial charge is 0.445 e. The molecular weight excluding hydrogens is 454 g/mol. The second kappa shape index (κ2) is 7.50. The van der Waals surface area contributed by atoms with E-state index in [9.17, 15) is 14.0 Å². The number of furan rings is 1. The van der Waals surface area contributed by atoms with Gasteiger partial charge in [-0.1, -0.05) is 23.7 Å². The molecule has 32 heavy (non-hydrogen) atoms. The van der Waals surface area contributed by atoms with Gasteiger partial charge in [0, 0.05) is 17.1 Å². The molecule has 2 atom stereocenters. The summed E-state index contributed by atoms with van der Waals surface area (Å²) in [6, 6.07) is 11.8. The molecule has 1 fully saturated rings. The highest BCUT2D eigenvalue weighted by Gasteiger charge is 2.58. The van der Waals surface area contributed by atoms with Crippen molar-refractivity contribution in [2.75, 3.05) is 5.32 Å². The maximum Gasteiger partial charge on any atom is 0.241 e. The molecule has 2 aliphatic heterocycles. The molecule has 2 aliphatic rings. The minimum Gasteiger partial charge on any atom is -0.445 e. The fraction of sp³-hybridized carbons (Fsp3) is 0.167. The summed E-state index contributed by atoms with van der Waals surface area (Å²) in [5, 5.41) is 6.49. The highest BCUT2D eigenvalue weighted by molar-refractivity contribution is 6.31. The summed E-state index contributed by atoms with van der Waals surface area (Å²) in [7, 11) is 0. The van der Waals surface area contributed by atoms with Crippen LogP contribution in [0.4, 0.5) is 10.1 Å². The Balaban J connectivity index is 1.82. The predicted molar refractivity (Wildman–Crippen MR) is 120 cm³/mol. The summed E-state index contributed by atoms with van der Waals surface area (Å²) in [4.78, 5) is 26.5. The number of rotatable bonds is 2. The van der Waals surface area contributed by atoms with Crippen molar-refractivity contribution in [3.05, 3.63) is 92.6 Å². The molecule has 0 aliphatic carbocycles. The van der Waals surface area contributed by atoms with Gasteiger partial charge in [-0.15, -0.1) is 0 Å². The molecule has 2 aromatic carbocycles. The third-order valence-electron chi connectivity index (χ3n) is 6.07. The van der Waals surface area contributed by atoms with Crippen LogP contribution in [0.2, 0.25) is 10.2 Å². The lowest BCUT2D eigenvalue weighted by molar-refractivity contribution is -0.126. The lowest BCUT2D eigenvalue weighted by atomic mass is 9.63. The first-order valence-corrected chi connectivity index (χ1v) is 10.7. The van der Waals surface area contributed by atoms with Crippen LogP contribution < -0.4 is 10.6 Å². The topological polar surface area (TPSA) is 71.3 Å². The normalized spacial score (nSPS) is 23.4. The van der Waals surface area contributed by atoms with Crippen molar-refractivity contribution in [3.63, 3.8) is 0 Å². The number of hydrogen-bond donors (Lipinski definition) is 2. The monoisotopic (exact) mass is 470 g/mol. The fourth-order valence-electron chi connectivity index (χ4n) is 4.71. The van der Waals surface area contributed by atoms with Gasteiger partial charge in [0.1, 0.15) is 17.0 Å². The Morgan fingerprint density at radius 3 is 2.69 bits per heavy atom. The van der Waals surface area contributed by atoms with Gasteiger partial charge >= 0.3 is 0 Å². The molecule has 2 amide bonds. The van der Waals surface area contributed by atoms with Crippen LogP contribution in [0.3, 0.4) is 0 Å². The maximum absolute atomic E-state index is 14.3. The van der Waals surface area contributed by atoms with Crippen LogP contribution in [0.1, 0.15) is 34.9 Å². The number of nitrogens with one attached hydrogen (secondary N) is 2. The van der Waals surface area contributed by atoms with Gasteiger partial charge in [0.2, 0.25) is 11.8 Å². The summed E-state index contributed by atoms with van der Waals surface area (Å²) in [6.45, 7) is 1.81. The molecule has 0 saturated carbocycles. The number of carbonyl (C=O) groups excluding carboxylic acids is 2. The molecule has 1 aromatic heterocycles. The van der Waals surface area contributed by atoms with Crippen LogP contribution in [0.5, 0.6) is 0 Å². The smallest absolute Gasteiger partial charge is 0.241 e. The van der Waals surface area contributed by atoms with E-state index < -0.39 is 17.3 Å². The molecule has 3 aromatic rings. The maximum atomic E-state index is 14.3. The third-order valence-corrected chi connectivity index (χ3v) is 6.51. The molecule has 3 heterocycles. The van der Waals surface area contributed by atoms with Gasteiger partial charge in [0.15, 0.2) is 5.22 Å². The van der Waals surface area contributed by atoms with Crippen LogP contribution in [0.15, 0.2) is 58.5 Å². The molecule has 5 rings (SSSR count). The summed E-state index contributed by atoms with van der Waals surface area (Å²) in [5.41, 5.74) is 1.63. The average Bonchev–Trinajstić information content (AvgIpc) is 3.26. The highest BCUT2D eigenvalue weighted by Crippen LogP contribution is 2.54. The van der Waals surface area contributed by atoms with Crippen molar-refractivity contribution in [3.8, 4) is 0 Å². The zero-order valence-electron chi connectivity index (χ0n) is 16.8. The van der Waals surface area contributed by atoms with E-state index in [2.05, 4.69) is 10.6 Å². The summed E-state index contributed by atoms with van der Waals surface area (Å²) >= 11 is 12.1. The van der Waals surface area contributed by atoms with Crippen molar-refractivity contribution >= 4 is 46.8 Å². The van der Waals surface area contributed by atoms with Gasteiger partial charge in [0.05, 0.1) is 6.04 Å². The molecule has 2 N–H and O–H groups in total. The van der Waals surface area contributed by atoms with Gasteiger partial charge in [-0.25, -0.2) is 4.39 Å². The van der Waals surface area contributed by atoms with Crippen molar-refractivity contribution in [1.29, 1.82) is 0 Å². The quantitative estimate of drug-likeness (QED) is 0.514. The summed E-state index contributed by atoms with van der Waals surface area (Å²) in [5.74, 6) is -0.682. The van der Waals surface area contributed by atoms with Crippen LogP contribution >= 0.6 is 23.2 Å². The lowest BCUT2D eigenvalue weighted by Gasteiger charge is -2.43. The number of halogens is 3. The molecular formula is C24H17Cl2FN2O3. The Morgan fingerprint density at radius 2 is 1.94 bits per heavy atom. The van der Waals surface area contributed by atoms with E-state index in [1.165, 1.54) is 12.1 Å². The van der Waals surface area contributed by atoms with Gasteiger partial charge in [-0.05, 0) is 83.3 Å². The molecule has 1 saturated heterocycles. The molecule has 0 bridgehead atoms. The van der Waals surface area contributed by atoms with Crippen molar-refractivity contribution in [1.82, 2.24) is 5.32 Å². The molecule has 0 radical (unpaired) electrons. The van der Waals surface area contributed by atoms with Crippen LogP contribution in [0.25, 0.3) is 6.08 Å². The van der Waals surface area contributed by atoms with E-state index in [4.69, 9.17) is 27.6 Å². The highest BCUT2D eigenvalue weighted by atomic mass is 35.5. The second-order valence-corrected chi connectivity index (χ2v) is 8.75. The van der Waals surface area contributed by atoms with Crippen molar-refractivity contribution in [2.24, 2.45) is 0 Å². The summed E-state index contributed by atoms with van der Waals surface area (Å²) < 4.78 is 19.8. The Morgan fingerprint density at radius 1 is 1.12 bits per heavy atom. The van der Waals surface area contributed by atoms with E-state index in [-0.39, 0.29) is 23.5 Å². The van der Waals surface area contributed by atoms with Crippen LogP contribution in [-0.2, 0) is 15.0 Å². The molecule has 162 valence electrons. The number of piperidine rings is 1. The number of anilines is 1. The van der Waals surface area contributed by atoms with Crippen LogP contribution in [0, 0.1) is 12.7 Å². The van der Waals surface area contributed by atoms with Gasteiger partial charge in [0.25, 0.3) is 0 Å². The van der Waals surface area contributed by atoms with E-state index in [1.807, 2.05) is 6.92 Å². The SMILES string of the molecule is Cc1ccc(F)cc1[C@H]1NC(=O)C/C(=C\c2ccc(Cl)o2)[C@]12C(=O)Nc1cc(Cl)ccc12. The van der Waals surface area contributed by atoms with Gasteiger partial charge < -0.3 is 15.1 Å². The fourth-order valence-corrected chi connectivity index (χ4v) is 5.03. The van der Waals surface area contributed by atoms with Crippen LogP contribution in [-0.4, -0.2) is 11.8 Å². The lowest BCUT2D eigenvalue weighted by Crippen LogP contribution is -2.54. The Kier molecular flexibility index (Phi) is 4.87. The third kappa shape index (κ3) is 3.14. The standard InChI is InChI=1S/C24H17Cl2FN2O3/c1-12-2-4-15(27)11-17(12)22-24(18-6-3-14(25)10-19(18)28-23(24)31)13(9-21(30)29-22)8-16-5-7-20(26)32-16/h2-8,10-11,22H,9H2,1H3,(H,28,31)(H,29,30)/b13-8+/t22-,24-/m1/s1. The molecule has 5 nitrogen and oxygen atoms in total. The number of amides is 2. The Bertz CT molecular complexity index is 1320. The van der Waals surface area contributed by atoms with E-state index in [1.54, 1.807) is 42.5 Å². The van der Waals surface area contributed by atoms with E-state index in [0.29, 0.717) is 33.2 Å². The number of carbonyl (C=O) groups is 2. The molecule has 0 unspecified atom stereocenters. The first kappa shape index (κ1) is 20.8. The van der Waals surface area contributed by atoms with Crippen molar-refractivity contribution in [2.45, 2.75) is 24.8 Å². The zero-order valence-corrected chi connectivity index (χ0v) is 18.4. The predicted octanol–water partition coefficient (Wildman–Crippen LogP) is 5.57. The summed E-state index contributed by atoms with van der Waals surface area (Å²) in [6.07, 6.45) is 1.62. The van der Waals surface area contributed by atoms with E-state index >= 15 is 0 Å². The van der Waals surface area contributed by atoms with Crippen molar-refractivity contribution < 1.29 is 18.4 Å². The second-order valence-electron chi connectivity index (χ2n) is 7.94. The number of fused-ring (bicyclic) bond motifs is 2. The number of hydrogen-bond acceptors (Lipinski definition) is 3. The minimum atomic E-state index is -1.33. The first-order chi connectivity index (χ1) is 15.3. The van der Waals surface area contributed by atoms with Gasteiger partial charge in [-0.2, -0.15) is 0 Å². The van der Waals surface area contributed by atoms with Gasteiger partial charge in [-0.3, -0.25) is 9.59 Å². The molecule has 8 heteroatoms. The Labute approximate surface area is 193 Å². The number of benzene rings is 2. The Hall–Kier alpha value is -3.09. The molecule has 1 spiro atoms. The zero-order chi connectivity index (χ0) is 22.6. The minimum absolute atomic E-state index is 0.0430.